The average Bonchev–Trinajstić information content (AvgIpc) is 3.56. The molecule has 3 heterocycles. The summed E-state index contributed by atoms with van der Waals surface area (Å²) in [4.78, 5) is 27.9. The van der Waals surface area contributed by atoms with Crippen LogP contribution in [-0.2, 0) is 13.0 Å². The van der Waals surface area contributed by atoms with Gasteiger partial charge in [-0.3, -0.25) is 0 Å². The van der Waals surface area contributed by atoms with Crippen molar-refractivity contribution in [3.05, 3.63) is 58.4 Å². The molecule has 0 spiro atoms. The highest BCUT2D eigenvalue weighted by Gasteiger charge is 2.36. The summed E-state index contributed by atoms with van der Waals surface area (Å²) in [6.45, 7) is 3.08. The average molecular weight is 603 g/mol. The molecule has 0 radical (unpaired) electrons. The van der Waals surface area contributed by atoms with E-state index >= 15 is 0 Å². The highest BCUT2D eigenvalue weighted by molar-refractivity contribution is 6.36. The van der Waals surface area contributed by atoms with E-state index in [1.54, 1.807) is 0 Å². The quantitative estimate of drug-likeness (QED) is 0.323. The topological polar surface area (TPSA) is 106 Å². The minimum absolute atomic E-state index is 0.0350. The number of amides is 1. The molecule has 1 unspecified atom stereocenters. The Morgan fingerprint density at radius 2 is 1.95 bits per heavy atom. The van der Waals surface area contributed by atoms with Crippen LogP contribution in [0.25, 0.3) is 10.8 Å². The van der Waals surface area contributed by atoms with Crippen molar-refractivity contribution >= 4 is 34.2 Å². The second-order valence-corrected chi connectivity index (χ2v) is 12.5. The molecule has 1 saturated carbocycles. The molecule has 6 rings (SSSR count). The van der Waals surface area contributed by atoms with Crippen molar-refractivity contribution in [2.45, 2.75) is 75.9 Å². The van der Waals surface area contributed by atoms with Gasteiger partial charge in [0, 0.05) is 48.7 Å². The Balaban J connectivity index is 1.30. The first kappa shape index (κ1) is 29.5. The number of anilines is 1. The molecule has 0 bridgehead atoms. The number of ether oxygens (including phenoxy) is 1. The number of likely N-dealkylation sites (N-methyl/N-ethyl adjacent to an activating group) is 1. The molecular formula is C33H39ClN6O3. The Kier molecular flexibility index (Phi) is 8.87. The monoisotopic (exact) mass is 602 g/mol. The molecule has 1 saturated heterocycles. The number of hydrogen-bond donors (Lipinski definition) is 1. The fourth-order valence-electron chi connectivity index (χ4n) is 7.24. The molecule has 2 aliphatic heterocycles. The van der Waals surface area contributed by atoms with Crippen LogP contribution in [0.15, 0.2) is 36.4 Å². The lowest BCUT2D eigenvalue weighted by Gasteiger charge is -2.38. The van der Waals surface area contributed by atoms with Gasteiger partial charge >= 0.3 is 12.1 Å². The molecule has 2 aromatic carbocycles. The van der Waals surface area contributed by atoms with Crippen molar-refractivity contribution < 1.29 is 14.6 Å². The minimum atomic E-state index is -0.969. The van der Waals surface area contributed by atoms with Crippen LogP contribution in [0.1, 0.15) is 67.8 Å². The standard InChI is InChI=1S/C33H39ClN6O3/c1-38(24-8-2-3-9-24)18-19-43-32-36-28-21-39(29-11-5-7-22-6-4-10-27(34)30(22)29)16-14-26(28)31(37-32)23-13-17-40(33(41)42)25(20-23)12-15-35/h4-7,10-11,23-25H,2-3,8-9,12-14,16-21H2,1H3,(H,41,42)/t23?,25-/m0/s1. The predicted molar refractivity (Wildman–Crippen MR) is 167 cm³/mol. The summed E-state index contributed by atoms with van der Waals surface area (Å²) in [6, 6.07) is 15.1. The van der Waals surface area contributed by atoms with E-state index in [1.165, 1.54) is 30.6 Å². The molecule has 2 fully saturated rings. The van der Waals surface area contributed by atoms with Gasteiger partial charge in [-0.2, -0.15) is 15.2 Å². The fraction of sp³-hybridized carbons (Fsp3) is 0.515. The maximum Gasteiger partial charge on any atom is 0.407 e. The summed E-state index contributed by atoms with van der Waals surface area (Å²) >= 11 is 6.69. The van der Waals surface area contributed by atoms with Crippen LogP contribution in [0.2, 0.25) is 5.02 Å². The summed E-state index contributed by atoms with van der Waals surface area (Å²) in [5.74, 6) is 0.0350. The molecule has 43 heavy (non-hydrogen) atoms. The lowest BCUT2D eigenvalue weighted by atomic mass is 9.84. The second kappa shape index (κ2) is 12.9. The molecule has 9 nitrogen and oxygen atoms in total. The highest BCUT2D eigenvalue weighted by atomic mass is 35.5. The number of benzene rings is 2. The van der Waals surface area contributed by atoms with Gasteiger partial charge in [0.2, 0.25) is 0 Å². The van der Waals surface area contributed by atoms with Crippen molar-refractivity contribution in [2.75, 3.05) is 38.2 Å². The summed E-state index contributed by atoms with van der Waals surface area (Å²) < 4.78 is 6.24. The van der Waals surface area contributed by atoms with E-state index < -0.39 is 6.09 Å². The molecule has 226 valence electrons. The first-order chi connectivity index (χ1) is 20.9. The number of halogens is 1. The number of aromatic nitrogens is 2. The van der Waals surface area contributed by atoms with Crippen molar-refractivity contribution in [3.63, 3.8) is 0 Å². The van der Waals surface area contributed by atoms with Crippen LogP contribution in [0.4, 0.5) is 10.5 Å². The molecule has 3 aliphatic rings. The Hall–Kier alpha value is -3.61. The van der Waals surface area contributed by atoms with Gasteiger partial charge in [-0.1, -0.05) is 48.7 Å². The van der Waals surface area contributed by atoms with E-state index in [0.717, 1.165) is 57.9 Å². The Morgan fingerprint density at radius 3 is 2.72 bits per heavy atom. The zero-order chi connectivity index (χ0) is 29.9. The number of carboxylic acid groups (broad SMARTS) is 1. The number of piperidine rings is 1. The van der Waals surface area contributed by atoms with Gasteiger partial charge in [0.15, 0.2) is 0 Å². The van der Waals surface area contributed by atoms with E-state index in [-0.39, 0.29) is 18.4 Å². The first-order valence-electron chi connectivity index (χ1n) is 15.4. The van der Waals surface area contributed by atoms with Crippen LogP contribution >= 0.6 is 11.6 Å². The Morgan fingerprint density at radius 1 is 1.16 bits per heavy atom. The molecule has 2 atom stereocenters. The zero-order valence-electron chi connectivity index (χ0n) is 24.7. The third-order valence-electron chi connectivity index (χ3n) is 9.55. The molecule has 3 aromatic rings. The van der Waals surface area contributed by atoms with Crippen LogP contribution < -0.4 is 9.64 Å². The molecular weight excluding hydrogens is 564 g/mol. The van der Waals surface area contributed by atoms with E-state index in [2.05, 4.69) is 47.2 Å². The molecule has 1 N–H and O–H groups in total. The summed E-state index contributed by atoms with van der Waals surface area (Å²) in [5.41, 5.74) is 4.10. The SMILES string of the molecule is CN(CCOc1nc2c(c(C3CCN(C(=O)O)[C@@H](CC#N)C3)n1)CCN(c1cccc3cccc(Cl)c13)C2)C1CCCC1. The van der Waals surface area contributed by atoms with Gasteiger partial charge in [-0.05, 0) is 62.2 Å². The Labute approximate surface area is 258 Å². The van der Waals surface area contributed by atoms with Crippen LogP contribution in [0.5, 0.6) is 6.01 Å². The number of hydrogen-bond acceptors (Lipinski definition) is 7. The lowest BCUT2D eigenvalue weighted by Crippen LogP contribution is -2.45. The van der Waals surface area contributed by atoms with Crippen LogP contribution in [-0.4, -0.2) is 76.3 Å². The third-order valence-corrected chi connectivity index (χ3v) is 9.86. The van der Waals surface area contributed by atoms with Crippen molar-refractivity contribution in [2.24, 2.45) is 0 Å². The maximum absolute atomic E-state index is 11.9. The molecule has 1 aromatic heterocycles. The van der Waals surface area contributed by atoms with E-state index in [0.29, 0.717) is 44.6 Å². The largest absolute Gasteiger partial charge is 0.465 e. The Bertz CT molecular complexity index is 1520. The fourth-order valence-corrected chi connectivity index (χ4v) is 7.52. The lowest BCUT2D eigenvalue weighted by molar-refractivity contribution is 0.101. The predicted octanol–water partition coefficient (Wildman–Crippen LogP) is 6.24. The summed E-state index contributed by atoms with van der Waals surface area (Å²) in [6.07, 6.45) is 6.24. The number of rotatable bonds is 8. The van der Waals surface area contributed by atoms with Crippen LogP contribution in [0, 0.1) is 11.3 Å². The number of carbonyl (C=O) groups is 1. The van der Waals surface area contributed by atoms with Gasteiger partial charge in [0.05, 0.1) is 35.4 Å². The number of fused-ring (bicyclic) bond motifs is 2. The summed E-state index contributed by atoms with van der Waals surface area (Å²) in [5, 5.41) is 22.0. The van der Waals surface area contributed by atoms with Crippen LogP contribution in [0.3, 0.4) is 0 Å². The molecule has 1 amide bonds. The van der Waals surface area contributed by atoms with Crippen molar-refractivity contribution in [1.29, 1.82) is 5.26 Å². The van der Waals surface area contributed by atoms with E-state index in [4.69, 9.17) is 26.3 Å². The minimum Gasteiger partial charge on any atom is -0.465 e. The maximum atomic E-state index is 11.9. The zero-order valence-corrected chi connectivity index (χ0v) is 25.5. The first-order valence-corrected chi connectivity index (χ1v) is 15.8. The van der Waals surface area contributed by atoms with Gasteiger partial charge in [-0.25, -0.2) is 4.79 Å². The highest BCUT2D eigenvalue weighted by Crippen LogP contribution is 2.39. The molecule has 1 aliphatic carbocycles. The van der Waals surface area contributed by atoms with Crippen molar-refractivity contribution in [1.82, 2.24) is 19.8 Å². The number of nitriles is 1. The molecule has 10 heteroatoms. The van der Waals surface area contributed by atoms with E-state index in [1.807, 2.05) is 12.1 Å². The number of likely N-dealkylation sites (tertiary alicyclic amines) is 1. The number of nitrogens with zero attached hydrogens (tertiary/aromatic N) is 6. The van der Waals surface area contributed by atoms with Gasteiger partial charge in [0.25, 0.3) is 0 Å². The summed E-state index contributed by atoms with van der Waals surface area (Å²) in [7, 11) is 2.16. The normalized spacial score (nSPS) is 20.8. The van der Waals surface area contributed by atoms with Gasteiger partial charge in [0.1, 0.15) is 6.61 Å². The van der Waals surface area contributed by atoms with Gasteiger partial charge in [-0.15, -0.1) is 0 Å². The van der Waals surface area contributed by atoms with Gasteiger partial charge < -0.3 is 24.5 Å². The van der Waals surface area contributed by atoms with E-state index in [9.17, 15) is 15.2 Å². The smallest absolute Gasteiger partial charge is 0.407 e. The second-order valence-electron chi connectivity index (χ2n) is 12.1. The van der Waals surface area contributed by atoms with Crippen molar-refractivity contribution in [3.8, 4) is 12.1 Å². The third kappa shape index (κ3) is 6.22.